The van der Waals surface area contributed by atoms with Crippen LogP contribution in [0.3, 0.4) is 0 Å². The van der Waals surface area contributed by atoms with Crippen molar-refractivity contribution in [1.29, 1.82) is 0 Å². The van der Waals surface area contributed by atoms with Gasteiger partial charge in [-0.3, -0.25) is 34.1 Å². The number of hydrogen-bond donors (Lipinski definition) is 0. The zero-order valence-electron chi connectivity index (χ0n) is 64.3. The van der Waals surface area contributed by atoms with E-state index in [9.17, 15) is 0 Å². The minimum absolute atomic E-state index is 0. The molecule has 8 aromatic rings. The second-order valence-electron chi connectivity index (χ2n) is 27.3. The Bertz CT molecular complexity index is 3490. The third kappa shape index (κ3) is 39.1. The molecule has 6 radical (unpaired) electrons. The van der Waals surface area contributed by atoms with Gasteiger partial charge in [-0.15, -0.1) is 107 Å². The molecule has 104 heavy (non-hydrogen) atoms. The van der Waals surface area contributed by atoms with Crippen LogP contribution in [0.4, 0.5) is 22.7 Å². The van der Waals surface area contributed by atoms with Crippen LogP contribution in [-0.2, 0) is 102 Å². The van der Waals surface area contributed by atoms with Gasteiger partial charge < -0.3 is 69.7 Å². The van der Waals surface area contributed by atoms with Crippen molar-refractivity contribution < 1.29 is 102 Å². The molecule has 8 rings (SSSR count). The maximum Gasteiger partial charge on any atom is 0 e. The first-order valence-electron chi connectivity index (χ1n) is 33.5. The van der Waals surface area contributed by atoms with Crippen LogP contribution >= 0.6 is 0 Å². The number of allylic oxidation sites excluding steroid dienone is 6. The van der Waals surface area contributed by atoms with Gasteiger partial charge in [0.15, 0.2) is 0 Å². The van der Waals surface area contributed by atoms with E-state index in [0.29, 0.717) is 0 Å². The average molecular weight is 1750 g/mol. The van der Waals surface area contributed by atoms with Gasteiger partial charge in [-0.2, -0.15) is 38.1 Å². The molecule has 0 fully saturated rings. The number of rotatable bonds is 20. The van der Waals surface area contributed by atoms with Crippen molar-refractivity contribution in [2.45, 2.75) is 132 Å². The number of benzene rings is 8. The van der Waals surface area contributed by atoms with E-state index in [-0.39, 0.29) is 102 Å². The zero-order chi connectivity index (χ0) is 73.6. The quantitative estimate of drug-likeness (QED) is 0.0538. The van der Waals surface area contributed by atoms with E-state index in [1.54, 1.807) is 0 Å². The monoisotopic (exact) mass is 1740 g/mol. The van der Waals surface area contributed by atoms with E-state index in [4.69, 9.17) is 19.9 Å². The number of hydrogen-bond acceptors (Lipinski definition) is 0. The molecule has 0 saturated carbocycles. The van der Waals surface area contributed by atoms with Crippen molar-refractivity contribution in [2.24, 2.45) is 0 Å². The zero-order valence-corrected chi connectivity index (χ0v) is 73.9. The van der Waals surface area contributed by atoms with E-state index in [1.165, 1.54) is 22.3 Å². The predicted octanol–water partition coefficient (Wildman–Crippen LogP) is 28.7. The van der Waals surface area contributed by atoms with Gasteiger partial charge in [0.2, 0.25) is 0 Å². The van der Waals surface area contributed by atoms with Crippen molar-refractivity contribution >= 4 is 78.2 Å². The molecular formula is C88H112Cu6N6Si4-18. The van der Waals surface area contributed by atoms with Crippen LogP contribution in [0, 0.1) is 111 Å². The maximum absolute atomic E-state index is 4.93. The maximum atomic E-state index is 4.93. The summed E-state index contributed by atoms with van der Waals surface area (Å²) in [7, 11) is -5.19. The second-order valence-corrected chi connectivity index (χ2v) is 45.6. The molecule has 16 heteroatoms. The molecule has 8 aromatic carbocycles. The first-order valence-corrected chi connectivity index (χ1v) is 46.1. The molecule has 0 atom stereocenters. The average Bonchev–Trinajstić information content (AvgIpc) is 0.867. The van der Waals surface area contributed by atoms with Gasteiger partial charge in [0, 0.05) is 102 Å². The van der Waals surface area contributed by atoms with Crippen molar-refractivity contribution in [3.8, 4) is 0 Å². The van der Waals surface area contributed by atoms with E-state index < -0.39 is 32.9 Å². The first-order chi connectivity index (χ1) is 46.0. The molecule has 0 aliphatic carbocycles. The molecule has 0 aromatic heterocycles. The van der Waals surface area contributed by atoms with Gasteiger partial charge in [-0.1, -0.05) is 248 Å². The molecule has 0 aliphatic heterocycles. The van der Waals surface area contributed by atoms with E-state index in [2.05, 4.69) is 174 Å². The smallest absolute Gasteiger partial charge is 0 e. The summed E-state index contributed by atoms with van der Waals surface area (Å²) in [4.78, 5) is 0. The summed E-state index contributed by atoms with van der Waals surface area (Å²) in [6.45, 7) is 82.6. The number of aryl methyl sites for hydroxylation is 4. The molecule has 0 N–H and O–H groups in total. The fourth-order valence-electron chi connectivity index (χ4n) is 9.59. The van der Waals surface area contributed by atoms with Crippen molar-refractivity contribution in [3.63, 3.8) is 0 Å². The van der Waals surface area contributed by atoms with Crippen LogP contribution in [0.1, 0.15) is 94.5 Å². The molecule has 594 valence electrons. The Balaban J connectivity index is -0.000000579. The summed E-state index contributed by atoms with van der Waals surface area (Å²) in [5.74, 6) is 0. The second kappa shape index (κ2) is 52.0. The van der Waals surface area contributed by atoms with E-state index >= 15 is 0 Å². The van der Waals surface area contributed by atoms with Crippen LogP contribution in [0.5, 0.6) is 0 Å². The summed E-state index contributed by atoms with van der Waals surface area (Å²) in [6.07, 6.45) is 0. The van der Waals surface area contributed by atoms with Crippen LogP contribution in [-0.4, -0.2) is 32.9 Å². The van der Waals surface area contributed by atoms with Gasteiger partial charge in [0.25, 0.3) is 0 Å². The molecule has 0 aliphatic rings. The number of nitrogens with zero attached hydrogens (tertiary/aromatic N) is 6. The third-order valence-corrected chi connectivity index (χ3v) is 30.2. The van der Waals surface area contributed by atoms with E-state index in [0.717, 1.165) is 137 Å². The molecular weight excluding hydrogens is 1630 g/mol. The topological polar surface area (TPSA) is 84.6 Å². The van der Waals surface area contributed by atoms with Crippen LogP contribution < -0.4 is 0 Å². The SMILES string of the molecule is [CH2-]C(C)=C([N-]C(C)=C([CH2-])c1ccccc1)c1ccccc1.[CH2-]C(C)=C([N-]C(C)=C([CH2-])c1ccccc1)c1ccccc1.[CH2-]C[Si](C)(C)[N-][Si](C)(C)C[CH2-].[CH2-]C[Si](C)(C)[N-][Si](C)(C)C[CH2-].[CH2-]c1cc(C)ccc1[N-]c1ccc(C)cc1[CH2-].[CH2-]c1cc(C)ccc1[N-]c1ccc(C)cc1[CH2-].[Cu].[Cu].[Cu].[Cu].[Cu].[Cu]. The minimum Gasteiger partial charge on any atom is -0.804 e. The summed E-state index contributed by atoms with van der Waals surface area (Å²) >= 11 is 0. The molecule has 0 heterocycles. The summed E-state index contributed by atoms with van der Waals surface area (Å²) in [5, 5.41) is 18.7. The fraction of sp³-hybridized carbons (Fsp3) is 0.227. The van der Waals surface area contributed by atoms with Crippen molar-refractivity contribution in [3.05, 3.63) is 397 Å². The molecule has 0 spiro atoms. The minimum atomic E-state index is -1.30. The Kier molecular flexibility index (Phi) is 52.5. The third-order valence-electron chi connectivity index (χ3n) is 15.7. The van der Waals surface area contributed by atoms with Gasteiger partial charge >= 0.3 is 0 Å². The largest absolute Gasteiger partial charge is 0.804 e. The Morgan fingerprint density at radius 2 is 0.490 bits per heavy atom. The Morgan fingerprint density at radius 1 is 0.298 bits per heavy atom. The fourth-order valence-corrected chi connectivity index (χ4v) is 24.5. The van der Waals surface area contributed by atoms with Gasteiger partial charge in [-0.05, 0) is 0 Å². The summed E-state index contributed by atoms with van der Waals surface area (Å²) in [5.41, 5.74) is 23.9. The molecule has 0 amide bonds. The van der Waals surface area contributed by atoms with Gasteiger partial charge in [0.05, 0.1) is 0 Å². The Morgan fingerprint density at radius 3 is 0.663 bits per heavy atom. The van der Waals surface area contributed by atoms with Gasteiger partial charge in [0.1, 0.15) is 0 Å². The van der Waals surface area contributed by atoms with E-state index in [1.807, 2.05) is 222 Å². The molecule has 6 nitrogen and oxygen atoms in total. The predicted molar refractivity (Wildman–Crippen MR) is 450 cm³/mol. The molecule has 0 bridgehead atoms. The molecule has 0 unspecified atom stereocenters. The standard InChI is InChI=1S/2C20H20N.2C16H16N.2C8H20NSi2.6Cu/c2*1-15(2)20(19-13-9-6-10-14-19)21-17(4)16(3)18-11-7-5-8-12-18;2*1-11-5-7-15(13(3)9-11)17-16-8-6-12(2)10-14(16)4;2*1-7-10(3,4)9-11(5,6)8-2;;;;;;/h2*5-14H,1,3H2,2,4H3;2*5-10H,3-4H2,1-2H3;2*1-2,7-8H2,3-6H3;;;;;;/q6*-3;;;;;;. The summed E-state index contributed by atoms with van der Waals surface area (Å²) < 4.78 is 9.86. The Labute approximate surface area is 702 Å². The Hall–Kier alpha value is -5.22. The van der Waals surface area contributed by atoms with Crippen molar-refractivity contribution in [2.75, 3.05) is 0 Å². The summed E-state index contributed by atoms with van der Waals surface area (Å²) in [6, 6.07) is 68.8. The van der Waals surface area contributed by atoms with Crippen LogP contribution in [0.15, 0.2) is 217 Å². The first kappa shape index (κ1) is 105. The van der Waals surface area contributed by atoms with Crippen LogP contribution in [0.2, 0.25) is 76.6 Å². The molecule has 0 saturated heterocycles. The van der Waals surface area contributed by atoms with Crippen molar-refractivity contribution in [1.82, 2.24) is 0 Å². The van der Waals surface area contributed by atoms with Crippen LogP contribution in [0.25, 0.3) is 53.1 Å². The normalized spacial score (nSPS) is 11.6. The van der Waals surface area contributed by atoms with Gasteiger partial charge in [-0.25, -0.2) is 110 Å².